The van der Waals surface area contributed by atoms with Crippen LogP contribution in [-0.4, -0.2) is 53.9 Å². The Morgan fingerprint density at radius 2 is 2.03 bits per heavy atom. The summed E-state index contributed by atoms with van der Waals surface area (Å²) in [5.41, 5.74) is 0.301. The number of hydrogen-bond donors (Lipinski definition) is 0. The lowest BCUT2D eigenvalue weighted by atomic mass is 9.81. The zero-order valence-electron chi connectivity index (χ0n) is 17.4. The molecule has 1 aromatic carbocycles. The van der Waals surface area contributed by atoms with Gasteiger partial charge in [0.2, 0.25) is 11.8 Å². The van der Waals surface area contributed by atoms with Crippen molar-refractivity contribution in [1.82, 2.24) is 14.8 Å². The van der Waals surface area contributed by atoms with Crippen LogP contribution in [0.15, 0.2) is 34.9 Å². The van der Waals surface area contributed by atoms with Crippen LogP contribution < -0.4 is 0 Å². The van der Waals surface area contributed by atoms with Crippen LogP contribution in [0, 0.1) is 11.7 Å². The summed E-state index contributed by atoms with van der Waals surface area (Å²) in [5.74, 6) is 1.50. The Bertz CT molecular complexity index is 859. The monoisotopic (exact) mass is 399 g/mol. The van der Waals surface area contributed by atoms with Gasteiger partial charge in [-0.2, -0.15) is 0 Å². The molecule has 6 heteroatoms. The Kier molecular flexibility index (Phi) is 5.72. The highest BCUT2D eigenvalue weighted by Gasteiger charge is 2.40. The first-order chi connectivity index (χ1) is 13.9. The molecular formula is C23H30FN3O2. The summed E-state index contributed by atoms with van der Waals surface area (Å²) in [7, 11) is 2.11. The maximum atomic E-state index is 13.9. The Balaban J connectivity index is 1.44. The van der Waals surface area contributed by atoms with E-state index >= 15 is 0 Å². The maximum absolute atomic E-state index is 13.9. The topological polar surface area (TPSA) is 49.6 Å². The van der Waals surface area contributed by atoms with Crippen molar-refractivity contribution in [2.45, 2.75) is 44.4 Å². The standard InChI is InChI=1S/C23H30FN3O2/c1-23(22-25-15-19(29-22)14-18-6-3-4-7-20(18)24)10-5-11-27(16-23)21(28)17-8-12-26(2)13-9-17/h3-4,6-7,15,17H,5,8-14,16H2,1-2H3. The van der Waals surface area contributed by atoms with Gasteiger partial charge in [-0.05, 0) is 64.4 Å². The summed E-state index contributed by atoms with van der Waals surface area (Å²) in [6, 6.07) is 6.73. The van der Waals surface area contributed by atoms with Crippen molar-refractivity contribution in [1.29, 1.82) is 0 Å². The number of likely N-dealkylation sites (tertiary alicyclic amines) is 2. The van der Waals surface area contributed by atoms with Crippen molar-refractivity contribution in [2.75, 3.05) is 33.2 Å². The van der Waals surface area contributed by atoms with E-state index in [9.17, 15) is 9.18 Å². The van der Waals surface area contributed by atoms with Crippen molar-refractivity contribution >= 4 is 5.91 Å². The van der Waals surface area contributed by atoms with Crippen LogP contribution in [0.5, 0.6) is 0 Å². The Hall–Kier alpha value is -2.21. The minimum Gasteiger partial charge on any atom is -0.445 e. The molecule has 0 bridgehead atoms. The number of nitrogens with zero attached hydrogens (tertiary/aromatic N) is 3. The second kappa shape index (κ2) is 8.27. The summed E-state index contributed by atoms with van der Waals surface area (Å²) < 4.78 is 20.0. The van der Waals surface area contributed by atoms with E-state index in [1.54, 1.807) is 18.3 Å². The van der Waals surface area contributed by atoms with Gasteiger partial charge in [0.05, 0.1) is 11.6 Å². The SMILES string of the molecule is CN1CCC(C(=O)N2CCCC(C)(c3ncc(Cc4ccccc4F)o3)C2)CC1. The fourth-order valence-corrected chi connectivity index (χ4v) is 4.61. The lowest BCUT2D eigenvalue weighted by molar-refractivity contribution is -0.139. The molecule has 2 aromatic rings. The van der Waals surface area contributed by atoms with Crippen LogP contribution in [0.1, 0.15) is 49.8 Å². The second-order valence-corrected chi connectivity index (χ2v) is 8.90. The van der Waals surface area contributed by atoms with Crippen molar-refractivity contribution in [3.05, 3.63) is 53.5 Å². The summed E-state index contributed by atoms with van der Waals surface area (Å²) in [6.45, 7) is 5.54. The van der Waals surface area contributed by atoms with Gasteiger partial charge in [-0.3, -0.25) is 4.79 Å². The number of rotatable bonds is 4. The molecule has 0 aliphatic carbocycles. The molecule has 4 rings (SSSR count). The van der Waals surface area contributed by atoms with E-state index in [1.165, 1.54) is 6.07 Å². The highest BCUT2D eigenvalue weighted by Crippen LogP contribution is 2.35. The third-order valence-corrected chi connectivity index (χ3v) is 6.47. The van der Waals surface area contributed by atoms with Crippen molar-refractivity contribution in [3.63, 3.8) is 0 Å². The Morgan fingerprint density at radius 1 is 1.28 bits per heavy atom. The van der Waals surface area contributed by atoms with E-state index in [2.05, 4.69) is 23.9 Å². The molecule has 0 saturated carbocycles. The first-order valence-electron chi connectivity index (χ1n) is 10.6. The number of halogens is 1. The molecular weight excluding hydrogens is 369 g/mol. The Morgan fingerprint density at radius 3 is 2.79 bits per heavy atom. The number of amides is 1. The molecule has 5 nitrogen and oxygen atoms in total. The third-order valence-electron chi connectivity index (χ3n) is 6.47. The fourth-order valence-electron chi connectivity index (χ4n) is 4.61. The van der Waals surface area contributed by atoms with Gasteiger partial charge in [-0.15, -0.1) is 0 Å². The fraction of sp³-hybridized carbons (Fsp3) is 0.565. The maximum Gasteiger partial charge on any atom is 0.225 e. The number of benzene rings is 1. The summed E-state index contributed by atoms with van der Waals surface area (Å²) in [5, 5.41) is 0. The first-order valence-corrected chi connectivity index (χ1v) is 10.6. The summed E-state index contributed by atoms with van der Waals surface area (Å²) in [6.07, 6.45) is 5.84. The quantitative estimate of drug-likeness (QED) is 0.788. The van der Waals surface area contributed by atoms with E-state index in [0.717, 1.165) is 45.3 Å². The lowest BCUT2D eigenvalue weighted by Crippen LogP contribution is -2.50. The van der Waals surface area contributed by atoms with E-state index in [-0.39, 0.29) is 23.1 Å². The van der Waals surface area contributed by atoms with Crippen molar-refractivity contribution in [2.24, 2.45) is 5.92 Å². The molecule has 1 atom stereocenters. The van der Waals surface area contributed by atoms with Crippen LogP contribution in [0.2, 0.25) is 0 Å². The average Bonchev–Trinajstić information content (AvgIpc) is 3.19. The van der Waals surface area contributed by atoms with Gasteiger partial charge in [0, 0.05) is 25.4 Å². The van der Waals surface area contributed by atoms with Gasteiger partial charge in [0.1, 0.15) is 11.6 Å². The molecule has 2 aliphatic rings. The molecule has 0 radical (unpaired) electrons. The van der Waals surface area contributed by atoms with Crippen LogP contribution in [0.25, 0.3) is 0 Å². The second-order valence-electron chi connectivity index (χ2n) is 8.90. The van der Waals surface area contributed by atoms with E-state index in [4.69, 9.17) is 4.42 Å². The number of oxazole rings is 1. The molecule has 0 N–H and O–H groups in total. The van der Waals surface area contributed by atoms with Gasteiger partial charge in [0.15, 0.2) is 0 Å². The predicted octanol–water partition coefficient (Wildman–Crippen LogP) is 3.63. The van der Waals surface area contributed by atoms with E-state index in [1.807, 2.05) is 11.0 Å². The predicted molar refractivity (Wildman–Crippen MR) is 109 cm³/mol. The minimum absolute atomic E-state index is 0.134. The molecule has 2 saturated heterocycles. The largest absolute Gasteiger partial charge is 0.445 e. The zero-order valence-corrected chi connectivity index (χ0v) is 17.4. The van der Waals surface area contributed by atoms with Gasteiger partial charge >= 0.3 is 0 Å². The Labute approximate surface area is 171 Å². The molecule has 1 amide bonds. The first kappa shape index (κ1) is 20.1. The van der Waals surface area contributed by atoms with Crippen molar-refractivity contribution in [3.8, 4) is 0 Å². The lowest BCUT2D eigenvalue weighted by Gasteiger charge is -2.41. The molecule has 3 heterocycles. The molecule has 2 aliphatic heterocycles. The molecule has 0 spiro atoms. The number of aromatic nitrogens is 1. The van der Waals surface area contributed by atoms with Crippen LogP contribution >= 0.6 is 0 Å². The number of carbonyl (C=O) groups excluding carboxylic acids is 1. The summed E-state index contributed by atoms with van der Waals surface area (Å²) >= 11 is 0. The smallest absolute Gasteiger partial charge is 0.225 e. The van der Waals surface area contributed by atoms with E-state index < -0.39 is 0 Å². The average molecular weight is 400 g/mol. The minimum atomic E-state index is -0.299. The normalized spacial score (nSPS) is 24.0. The molecule has 1 aromatic heterocycles. The number of carbonyl (C=O) groups is 1. The van der Waals surface area contributed by atoms with Gasteiger partial charge in [-0.1, -0.05) is 18.2 Å². The third kappa shape index (κ3) is 4.37. The molecule has 2 fully saturated rings. The van der Waals surface area contributed by atoms with Gasteiger partial charge in [0.25, 0.3) is 0 Å². The molecule has 29 heavy (non-hydrogen) atoms. The van der Waals surface area contributed by atoms with Gasteiger partial charge < -0.3 is 14.2 Å². The van der Waals surface area contributed by atoms with Crippen LogP contribution in [-0.2, 0) is 16.6 Å². The molecule has 1 unspecified atom stereocenters. The van der Waals surface area contributed by atoms with Crippen LogP contribution in [0.3, 0.4) is 0 Å². The molecule has 156 valence electrons. The van der Waals surface area contributed by atoms with Crippen LogP contribution in [0.4, 0.5) is 4.39 Å². The van der Waals surface area contributed by atoms with Crippen molar-refractivity contribution < 1.29 is 13.6 Å². The zero-order chi connectivity index (χ0) is 20.4. The number of piperidine rings is 2. The highest BCUT2D eigenvalue weighted by atomic mass is 19.1. The number of hydrogen-bond acceptors (Lipinski definition) is 4. The summed E-state index contributed by atoms with van der Waals surface area (Å²) in [4.78, 5) is 21.9. The highest BCUT2D eigenvalue weighted by molar-refractivity contribution is 5.79. The van der Waals surface area contributed by atoms with Gasteiger partial charge in [-0.25, -0.2) is 9.37 Å². The van der Waals surface area contributed by atoms with E-state index in [0.29, 0.717) is 30.2 Å².